The van der Waals surface area contributed by atoms with E-state index in [1.54, 1.807) is 7.11 Å². The highest BCUT2D eigenvalue weighted by atomic mass is 16.5. The molecular weight excluding hydrogens is 300 g/mol. The highest BCUT2D eigenvalue weighted by Crippen LogP contribution is 2.34. The van der Waals surface area contributed by atoms with Gasteiger partial charge in [0.25, 0.3) is 0 Å². The minimum absolute atomic E-state index is 0.770. The fourth-order valence-corrected chi connectivity index (χ4v) is 3.11. The molecule has 0 unspecified atom stereocenters. The number of fused-ring (bicyclic) bond motifs is 2. The Balaban J connectivity index is 2.03. The molecule has 0 fully saturated rings. The van der Waals surface area contributed by atoms with E-state index >= 15 is 0 Å². The van der Waals surface area contributed by atoms with Crippen LogP contribution in [0, 0.1) is 20.8 Å². The number of aryl methyl sites for hydroxylation is 3. The van der Waals surface area contributed by atoms with E-state index < -0.39 is 0 Å². The van der Waals surface area contributed by atoms with Crippen LogP contribution in [0.1, 0.15) is 17.1 Å². The summed E-state index contributed by atoms with van der Waals surface area (Å²) in [4.78, 5) is 9.13. The lowest BCUT2D eigenvalue weighted by Crippen LogP contribution is -1.95. The molecule has 0 N–H and O–H groups in total. The Bertz CT molecular complexity index is 1080. The molecule has 0 aliphatic carbocycles. The minimum atomic E-state index is 0.770. The smallest absolute Gasteiger partial charge is 0.158 e. The van der Waals surface area contributed by atoms with Crippen LogP contribution in [0.2, 0.25) is 0 Å². The van der Waals surface area contributed by atoms with Crippen LogP contribution < -0.4 is 4.74 Å². The van der Waals surface area contributed by atoms with Gasteiger partial charge in [-0.2, -0.15) is 5.10 Å². The molecule has 120 valence electrons. The minimum Gasteiger partial charge on any atom is -0.494 e. The Morgan fingerprint density at radius 3 is 2.62 bits per heavy atom. The lowest BCUT2D eigenvalue weighted by atomic mass is 10.00. The number of hydrogen-bond donors (Lipinski definition) is 0. The molecule has 0 saturated heterocycles. The topological polar surface area (TPSA) is 52.3 Å². The van der Waals surface area contributed by atoms with Crippen LogP contribution in [0.5, 0.6) is 5.75 Å². The normalized spacial score (nSPS) is 11.3. The van der Waals surface area contributed by atoms with Crippen LogP contribution in [0.25, 0.3) is 27.7 Å². The monoisotopic (exact) mass is 318 g/mol. The number of methoxy groups -OCH3 is 1. The van der Waals surface area contributed by atoms with Gasteiger partial charge in [0.05, 0.1) is 7.11 Å². The first kappa shape index (κ1) is 14.6. The first-order chi connectivity index (χ1) is 11.6. The third-order valence-corrected chi connectivity index (χ3v) is 4.21. The van der Waals surface area contributed by atoms with E-state index in [0.717, 1.165) is 50.5 Å². The average molecular weight is 318 g/mol. The predicted molar refractivity (Wildman–Crippen MR) is 94.5 cm³/mol. The summed E-state index contributed by atoms with van der Waals surface area (Å²) in [7, 11) is 1.67. The van der Waals surface area contributed by atoms with Gasteiger partial charge in [-0.3, -0.25) is 0 Å². The van der Waals surface area contributed by atoms with E-state index in [2.05, 4.69) is 40.2 Å². The summed E-state index contributed by atoms with van der Waals surface area (Å²) < 4.78 is 7.33. The number of benzene rings is 1. The lowest BCUT2D eigenvalue weighted by Gasteiger charge is -2.11. The van der Waals surface area contributed by atoms with Gasteiger partial charge in [0.1, 0.15) is 17.1 Å². The molecule has 3 aromatic heterocycles. The van der Waals surface area contributed by atoms with Crippen LogP contribution in [-0.2, 0) is 0 Å². The van der Waals surface area contributed by atoms with Crippen molar-refractivity contribution in [2.45, 2.75) is 20.8 Å². The second kappa shape index (κ2) is 5.30. The average Bonchev–Trinajstić information content (AvgIpc) is 2.94. The van der Waals surface area contributed by atoms with Crippen LogP contribution in [-0.4, -0.2) is 26.7 Å². The highest BCUT2D eigenvalue weighted by molar-refractivity contribution is 5.98. The summed E-state index contributed by atoms with van der Waals surface area (Å²) in [6.07, 6.45) is 2.02. The van der Waals surface area contributed by atoms with E-state index in [1.165, 1.54) is 0 Å². The number of hydrogen-bond acceptors (Lipinski definition) is 4. The fourth-order valence-electron chi connectivity index (χ4n) is 3.11. The molecule has 0 spiro atoms. The van der Waals surface area contributed by atoms with Crippen LogP contribution in [0.15, 0.2) is 36.5 Å². The molecular formula is C19H18N4O. The van der Waals surface area contributed by atoms with Crippen molar-refractivity contribution in [3.63, 3.8) is 0 Å². The van der Waals surface area contributed by atoms with Crippen LogP contribution in [0.4, 0.5) is 0 Å². The second-order valence-corrected chi connectivity index (χ2v) is 6.00. The summed E-state index contributed by atoms with van der Waals surface area (Å²) in [5.41, 5.74) is 6.03. The van der Waals surface area contributed by atoms with Crippen molar-refractivity contribution in [2.24, 2.45) is 0 Å². The van der Waals surface area contributed by atoms with Crippen molar-refractivity contribution in [2.75, 3.05) is 7.11 Å². The third kappa shape index (κ3) is 2.21. The number of ether oxygens (including phenoxy) is 1. The van der Waals surface area contributed by atoms with E-state index in [9.17, 15) is 0 Å². The SMILES string of the molecule is COc1ccc(-c2cc(C)c3nc(C)nn3c2)c2ccc(C)nc12. The summed E-state index contributed by atoms with van der Waals surface area (Å²) in [5.74, 6) is 1.55. The maximum atomic E-state index is 5.48. The number of pyridine rings is 2. The van der Waals surface area contributed by atoms with Gasteiger partial charge in [0, 0.05) is 22.8 Å². The summed E-state index contributed by atoms with van der Waals surface area (Å²) >= 11 is 0. The Kier molecular flexibility index (Phi) is 3.23. The van der Waals surface area contributed by atoms with E-state index in [0.29, 0.717) is 0 Å². The molecule has 0 aliphatic rings. The Labute approximate surface area is 139 Å². The first-order valence-corrected chi connectivity index (χ1v) is 7.85. The molecule has 4 rings (SSSR count). The van der Waals surface area contributed by atoms with E-state index in [4.69, 9.17) is 4.74 Å². The largest absolute Gasteiger partial charge is 0.494 e. The van der Waals surface area contributed by atoms with Gasteiger partial charge in [-0.1, -0.05) is 6.07 Å². The van der Waals surface area contributed by atoms with Gasteiger partial charge < -0.3 is 4.74 Å². The molecule has 0 atom stereocenters. The summed E-state index contributed by atoms with van der Waals surface area (Å²) in [5, 5.41) is 5.52. The Morgan fingerprint density at radius 1 is 1.00 bits per heavy atom. The molecule has 5 nitrogen and oxygen atoms in total. The molecule has 24 heavy (non-hydrogen) atoms. The molecule has 3 heterocycles. The Hall–Kier alpha value is -2.95. The fraction of sp³-hybridized carbons (Fsp3) is 0.211. The lowest BCUT2D eigenvalue weighted by molar-refractivity contribution is 0.419. The molecule has 0 amide bonds. The quantitative estimate of drug-likeness (QED) is 0.563. The molecule has 5 heteroatoms. The van der Waals surface area contributed by atoms with E-state index in [-0.39, 0.29) is 0 Å². The molecule has 1 aromatic carbocycles. The summed E-state index contributed by atoms with van der Waals surface area (Å²) in [6, 6.07) is 10.3. The van der Waals surface area contributed by atoms with Crippen molar-refractivity contribution in [3.8, 4) is 16.9 Å². The van der Waals surface area contributed by atoms with Gasteiger partial charge in [-0.05, 0) is 56.2 Å². The van der Waals surface area contributed by atoms with Gasteiger partial charge in [0.15, 0.2) is 5.65 Å². The van der Waals surface area contributed by atoms with Gasteiger partial charge in [0.2, 0.25) is 0 Å². The molecule has 0 aliphatic heterocycles. The maximum Gasteiger partial charge on any atom is 0.158 e. The van der Waals surface area contributed by atoms with Crippen molar-refractivity contribution in [1.29, 1.82) is 0 Å². The molecule has 0 saturated carbocycles. The Morgan fingerprint density at radius 2 is 1.83 bits per heavy atom. The number of nitrogens with zero attached hydrogens (tertiary/aromatic N) is 4. The zero-order chi connectivity index (χ0) is 16.8. The van der Waals surface area contributed by atoms with Gasteiger partial charge in [-0.15, -0.1) is 0 Å². The second-order valence-electron chi connectivity index (χ2n) is 6.00. The molecule has 0 bridgehead atoms. The van der Waals surface area contributed by atoms with Crippen molar-refractivity contribution in [3.05, 3.63) is 53.6 Å². The van der Waals surface area contributed by atoms with Crippen molar-refractivity contribution in [1.82, 2.24) is 19.6 Å². The summed E-state index contributed by atoms with van der Waals surface area (Å²) in [6.45, 7) is 5.95. The van der Waals surface area contributed by atoms with Gasteiger partial charge in [-0.25, -0.2) is 14.5 Å². The van der Waals surface area contributed by atoms with Crippen LogP contribution >= 0.6 is 0 Å². The number of aromatic nitrogens is 4. The molecule has 4 aromatic rings. The molecule has 0 radical (unpaired) electrons. The van der Waals surface area contributed by atoms with Crippen molar-refractivity contribution < 1.29 is 4.74 Å². The van der Waals surface area contributed by atoms with Crippen molar-refractivity contribution >= 4 is 16.6 Å². The predicted octanol–water partition coefficient (Wildman–Crippen LogP) is 3.88. The standard InChI is InChI=1S/C19H18N4O/c1-11-9-14(10-23-19(11)21-13(3)22-23)15-7-8-17(24-4)18-16(15)6-5-12(2)20-18/h5-10H,1-4H3. The zero-order valence-electron chi connectivity index (χ0n) is 14.2. The maximum absolute atomic E-state index is 5.48. The first-order valence-electron chi connectivity index (χ1n) is 7.85. The van der Waals surface area contributed by atoms with E-state index in [1.807, 2.05) is 36.7 Å². The number of rotatable bonds is 2. The zero-order valence-corrected chi connectivity index (χ0v) is 14.2. The van der Waals surface area contributed by atoms with Gasteiger partial charge >= 0.3 is 0 Å². The highest BCUT2D eigenvalue weighted by Gasteiger charge is 2.12. The van der Waals surface area contributed by atoms with Crippen LogP contribution in [0.3, 0.4) is 0 Å². The third-order valence-electron chi connectivity index (χ3n) is 4.21.